The summed E-state index contributed by atoms with van der Waals surface area (Å²) < 4.78 is 54.8. The molecule has 1 aromatic carbocycles. The molecule has 8 nitrogen and oxygen atoms in total. The molecule has 0 spiro atoms. The molecule has 0 aliphatic carbocycles. The van der Waals surface area contributed by atoms with Crippen LogP contribution in [0, 0.1) is 5.92 Å². The molecule has 0 saturated carbocycles. The number of rotatable bonds is 10. The van der Waals surface area contributed by atoms with Crippen LogP contribution in [0.5, 0.6) is 5.75 Å². The highest BCUT2D eigenvalue weighted by Crippen LogP contribution is 2.30. The minimum atomic E-state index is -2.87. The number of nitrogens with zero attached hydrogens (tertiary/aromatic N) is 1. The molecular weight excluding hydrogens is 500 g/mol. The summed E-state index contributed by atoms with van der Waals surface area (Å²) in [6.45, 7) is 7.45. The number of hydrogen-bond donors (Lipinski definition) is 0. The monoisotopic (exact) mass is 543 g/mol. The van der Waals surface area contributed by atoms with Crippen molar-refractivity contribution in [2.75, 3.05) is 27.6 Å². The Hall–Kier alpha value is -2.46. The summed E-state index contributed by atoms with van der Waals surface area (Å²) in [4.78, 5) is 27.5. The fraction of sp³-hybridized carbons (Fsp3) is 0.714. The second kappa shape index (κ2) is 14.1. The zero-order chi connectivity index (χ0) is 28.5. The average Bonchev–Trinajstić information content (AvgIpc) is 2.85. The molecule has 0 bridgehead atoms. The van der Waals surface area contributed by atoms with E-state index in [-0.39, 0.29) is 19.3 Å². The zero-order valence-electron chi connectivity index (χ0n) is 23.6. The van der Waals surface area contributed by atoms with E-state index in [1.807, 2.05) is 24.3 Å². The molecular formula is C28H43F2NO7. The number of hydrogen-bond acceptors (Lipinski definition) is 7. The highest BCUT2D eigenvalue weighted by Gasteiger charge is 2.39. The van der Waals surface area contributed by atoms with Gasteiger partial charge in [-0.3, -0.25) is 4.90 Å². The number of halogens is 2. The van der Waals surface area contributed by atoms with Crippen LogP contribution in [-0.2, 0) is 30.2 Å². The van der Waals surface area contributed by atoms with E-state index in [1.165, 1.54) is 12.0 Å². The molecule has 2 rings (SSSR count). The second-order valence-corrected chi connectivity index (χ2v) is 10.9. The van der Waals surface area contributed by atoms with Gasteiger partial charge in [0.2, 0.25) is 5.92 Å². The third-order valence-corrected chi connectivity index (χ3v) is 6.33. The van der Waals surface area contributed by atoms with Gasteiger partial charge in [0.05, 0.1) is 19.8 Å². The topological polar surface area (TPSA) is 83.5 Å². The maximum Gasteiger partial charge on any atom is 0.412 e. The van der Waals surface area contributed by atoms with E-state index in [0.29, 0.717) is 25.7 Å². The fourth-order valence-corrected chi connectivity index (χ4v) is 4.51. The van der Waals surface area contributed by atoms with Crippen molar-refractivity contribution in [3.05, 3.63) is 29.8 Å². The number of carbonyl (C=O) groups is 2. The maximum atomic E-state index is 13.5. The summed E-state index contributed by atoms with van der Waals surface area (Å²) in [5.74, 6) is -2.87. The molecule has 1 amide bonds. The Morgan fingerprint density at radius 1 is 1.11 bits per heavy atom. The highest BCUT2D eigenvalue weighted by atomic mass is 19.3. The lowest BCUT2D eigenvalue weighted by atomic mass is 9.86. The lowest BCUT2D eigenvalue weighted by Gasteiger charge is -2.33. The lowest BCUT2D eigenvalue weighted by Crippen LogP contribution is -2.49. The average molecular weight is 544 g/mol. The Kier molecular flexibility index (Phi) is 11.8. The Morgan fingerprint density at radius 2 is 1.76 bits per heavy atom. The summed E-state index contributed by atoms with van der Waals surface area (Å²) in [6.07, 6.45) is -0.348. The van der Waals surface area contributed by atoms with Crippen molar-refractivity contribution in [1.82, 2.24) is 4.90 Å². The SMILES string of the molecule is COCN(C(=O)OC(C)(C)C)C1CCCC(Cc2ccc(OC)cc2)C(OCCC(C)(F)F)C(C)OC1=O. The smallest absolute Gasteiger partial charge is 0.412 e. The molecule has 0 aromatic heterocycles. The number of cyclic esters (lactones) is 1. The molecule has 0 N–H and O–H groups in total. The summed E-state index contributed by atoms with van der Waals surface area (Å²) >= 11 is 0. The first kappa shape index (κ1) is 31.8. The third-order valence-electron chi connectivity index (χ3n) is 6.33. The minimum absolute atomic E-state index is 0.118. The normalized spacial score (nSPS) is 23.0. The van der Waals surface area contributed by atoms with Crippen molar-refractivity contribution in [3.63, 3.8) is 0 Å². The van der Waals surface area contributed by atoms with Gasteiger partial charge in [0, 0.05) is 13.5 Å². The van der Waals surface area contributed by atoms with Crippen LogP contribution in [0.1, 0.15) is 65.9 Å². The summed E-state index contributed by atoms with van der Waals surface area (Å²) in [5, 5.41) is 0. The minimum Gasteiger partial charge on any atom is -0.497 e. The van der Waals surface area contributed by atoms with Crippen molar-refractivity contribution in [2.24, 2.45) is 5.92 Å². The van der Waals surface area contributed by atoms with Crippen LogP contribution in [-0.4, -0.2) is 74.3 Å². The standard InChI is InChI=1S/C28H43F2NO7/c1-19-24(36-16-15-28(5,29)30)21(17-20-11-13-22(35-7)14-12-20)9-8-10-23(25(32)37-19)31(18-34-6)26(33)38-27(2,3)4/h11-14,19,21,23-24H,8-10,15-18H2,1-7H3. The molecule has 10 heteroatoms. The van der Waals surface area contributed by atoms with Gasteiger partial charge in [0.1, 0.15) is 30.2 Å². The summed E-state index contributed by atoms with van der Waals surface area (Å²) in [5.41, 5.74) is 0.261. The first-order valence-corrected chi connectivity index (χ1v) is 13.1. The third kappa shape index (κ3) is 10.4. The molecule has 1 heterocycles. The van der Waals surface area contributed by atoms with E-state index < -0.39 is 48.3 Å². The van der Waals surface area contributed by atoms with Crippen LogP contribution in [0.2, 0.25) is 0 Å². The van der Waals surface area contributed by atoms with Crippen LogP contribution >= 0.6 is 0 Å². The summed E-state index contributed by atoms with van der Waals surface area (Å²) in [7, 11) is 3.02. The van der Waals surface area contributed by atoms with Gasteiger partial charge in [-0.25, -0.2) is 18.4 Å². The van der Waals surface area contributed by atoms with E-state index >= 15 is 0 Å². The summed E-state index contributed by atoms with van der Waals surface area (Å²) in [6, 6.07) is 6.70. The number of amides is 1. The Labute approximate surface area is 224 Å². The predicted octanol–water partition coefficient (Wildman–Crippen LogP) is 5.61. The van der Waals surface area contributed by atoms with Crippen LogP contribution < -0.4 is 4.74 Å². The van der Waals surface area contributed by atoms with Gasteiger partial charge in [-0.2, -0.15) is 0 Å². The van der Waals surface area contributed by atoms with Crippen molar-refractivity contribution >= 4 is 12.1 Å². The van der Waals surface area contributed by atoms with E-state index in [1.54, 1.807) is 34.8 Å². The van der Waals surface area contributed by atoms with Crippen LogP contribution in [0.15, 0.2) is 24.3 Å². The van der Waals surface area contributed by atoms with Gasteiger partial charge in [0.15, 0.2) is 0 Å². The molecule has 1 fully saturated rings. The number of methoxy groups -OCH3 is 2. The number of carbonyl (C=O) groups excluding carboxylic acids is 2. The number of benzene rings is 1. The van der Waals surface area contributed by atoms with Gasteiger partial charge in [-0.15, -0.1) is 0 Å². The van der Waals surface area contributed by atoms with Gasteiger partial charge in [-0.05, 0) is 77.5 Å². The van der Waals surface area contributed by atoms with Crippen molar-refractivity contribution in [3.8, 4) is 5.75 Å². The van der Waals surface area contributed by atoms with Gasteiger partial charge in [0.25, 0.3) is 0 Å². The number of esters is 1. The Bertz CT molecular complexity index is 883. The van der Waals surface area contributed by atoms with Crippen molar-refractivity contribution in [1.29, 1.82) is 0 Å². The highest BCUT2D eigenvalue weighted by molar-refractivity contribution is 5.81. The quantitative estimate of drug-likeness (QED) is 0.280. The van der Waals surface area contributed by atoms with E-state index in [9.17, 15) is 18.4 Å². The first-order chi connectivity index (χ1) is 17.7. The number of alkyl halides is 2. The molecule has 216 valence electrons. The van der Waals surface area contributed by atoms with E-state index in [2.05, 4.69) is 0 Å². The second-order valence-electron chi connectivity index (χ2n) is 10.9. The maximum absolute atomic E-state index is 13.5. The van der Waals surface area contributed by atoms with Gasteiger partial charge >= 0.3 is 12.1 Å². The van der Waals surface area contributed by atoms with E-state index in [0.717, 1.165) is 18.2 Å². The molecule has 1 aliphatic heterocycles. The molecule has 38 heavy (non-hydrogen) atoms. The van der Waals surface area contributed by atoms with Crippen LogP contribution in [0.4, 0.5) is 13.6 Å². The molecule has 0 radical (unpaired) electrons. The molecule has 1 aliphatic rings. The largest absolute Gasteiger partial charge is 0.497 e. The predicted molar refractivity (Wildman–Crippen MR) is 138 cm³/mol. The zero-order valence-corrected chi connectivity index (χ0v) is 23.6. The molecule has 1 saturated heterocycles. The number of ether oxygens (including phenoxy) is 5. The molecule has 1 aromatic rings. The van der Waals surface area contributed by atoms with Crippen molar-refractivity contribution in [2.45, 2.75) is 96.5 Å². The van der Waals surface area contributed by atoms with Crippen LogP contribution in [0.25, 0.3) is 0 Å². The van der Waals surface area contributed by atoms with Crippen LogP contribution in [0.3, 0.4) is 0 Å². The Morgan fingerprint density at radius 3 is 2.32 bits per heavy atom. The van der Waals surface area contributed by atoms with E-state index in [4.69, 9.17) is 23.7 Å². The lowest BCUT2D eigenvalue weighted by molar-refractivity contribution is -0.167. The molecule has 4 atom stereocenters. The van der Waals surface area contributed by atoms with Gasteiger partial charge in [-0.1, -0.05) is 18.6 Å². The first-order valence-electron chi connectivity index (χ1n) is 13.1. The molecule has 4 unspecified atom stereocenters. The fourth-order valence-electron chi connectivity index (χ4n) is 4.51. The Balaban J connectivity index is 2.30. The van der Waals surface area contributed by atoms with Gasteiger partial charge < -0.3 is 23.7 Å². The van der Waals surface area contributed by atoms with Crippen molar-refractivity contribution < 1.29 is 42.1 Å².